The molecule has 0 radical (unpaired) electrons. The van der Waals surface area contributed by atoms with Gasteiger partial charge in [-0.1, -0.05) is 17.7 Å². The van der Waals surface area contributed by atoms with Gasteiger partial charge in [0.05, 0.1) is 10.6 Å². The van der Waals surface area contributed by atoms with Gasteiger partial charge in [0.15, 0.2) is 0 Å². The molecular formula is C14H15N3O2S2. The zero-order chi connectivity index (χ0) is 15.0. The molecule has 0 amide bonds. The molecule has 7 heteroatoms. The Kier molecular flexibility index (Phi) is 3.54. The van der Waals surface area contributed by atoms with Crippen LogP contribution in [0.5, 0.6) is 0 Å². The minimum absolute atomic E-state index is 0.275. The van der Waals surface area contributed by atoms with Gasteiger partial charge in [-0.25, -0.2) is 12.4 Å². The van der Waals surface area contributed by atoms with Crippen molar-refractivity contribution in [1.82, 2.24) is 3.97 Å². The minimum atomic E-state index is -3.61. The van der Waals surface area contributed by atoms with Gasteiger partial charge in [-0.3, -0.25) is 4.99 Å². The maximum Gasteiger partial charge on any atom is 0.268 e. The van der Waals surface area contributed by atoms with Crippen molar-refractivity contribution in [3.63, 3.8) is 0 Å². The molecule has 3 rings (SSSR count). The molecule has 1 aliphatic heterocycles. The Balaban J connectivity index is 2.16. The third-order valence-electron chi connectivity index (χ3n) is 3.32. The monoisotopic (exact) mass is 321 g/mol. The van der Waals surface area contributed by atoms with Gasteiger partial charge in [0.2, 0.25) is 0 Å². The fourth-order valence-corrected chi connectivity index (χ4v) is 4.23. The lowest BCUT2D eigenvalue weighted by Crippen LogP contribution is -2.21. The van der Waals surface area contributed by atoms with Crippen molar-refractivity contribution in [2.45, 2.75) is 11.8 Å². The third kappa shape index (κ3) is 2.36. The van der Waals surface area contributed by atoms with Crippen LogP contribution in [0, 0.1) is 6.92 Å². The summed E-state index contributed by atoms with van der Waals surface area (Å²) >= 11 is 1.45. The highest BCUT2D eigenvalue weighted by Crippen LogP contribution is 2.29. The Bertz CT molecular complexity index is 805. The smallest absolute Gasteiger partial charge is 0.268 e. The summed E-state index contributed by atoms with van der Waals surface area (Å²) in [5.74, 6) is 0. The summed E-state index contributed by atoms with van der Waals surface area (Å²) in [4.78, 5) is 4.60. The van der Waals surface area contributed by atoms with Crippen molar-refractivity contribution in [2.75, 3.05) is 18.2 Å². The third-order valence-corrected chi connectivity index (χ3v) is 5.72. The number of aliphatic imine (C=N–C) groups is 1. The van der Waals surface area contributed by atoms with Crippen LogP contribution in [0.3, 0.4) is 0 Å². The predicted octanol–water partition coefficient (Wildman–Crippen LogP) is 2.53. The van der Waals surface area contributed by atoms with E-state index in [9.17, 15) is 8.42 Å². The molecule has 110 valence electrons. The van der Waals surface area contributed by atoms with Crippen molar-refractivity contribution in [2.24, 2.45) is 4.99 Å². The van der Waals surface area contributed by atoms with E-state index in [-0.39, 0.29) is 4.90 Å². The molecule has 1 aromatic heterocycles. The summed E-state index contributed by atoms with van der Waals surface area (Å²) in [6.45, 7) is 2.40. The van der Waals surface area contributed by atoms with Crippen molar-refractivity contribution >= 4 is 32.5 Å². The van der Waals surface area contributed by atoms with Crippen molar-refractivity contribution in [3.8, 4) is 0 Å². The first-order valence-corrected chi connectivity index (χ1v) is 9.07. The lowest BCUT2D eigenvalue weighted by atomic mass is 10.2. The van der Waals surface area contributed by atoms with Gasteiger partial charge in [0, 0.05) is 6.20 Å². The van der Waals surface area contributed by atoms with Gasteiger partial charge in [-0.15, -0.1) is 11.8 Å². The number of thioether (sulfide) groups is 1. The number of nitrogens with one attached hydrogen (secondary N) is 1. The Labute approximate surface area is 128 Å². The number of fused-ring (bicyclic) bond motifs is 1. The van der Waals surface area contributed by atoms with Crippen LogP contribution in [0.25, 0.3) is 0 Å². The normalized spacial score (nSPS) is 14.3. The Morgan fingerprint density at radius 3 is 2.62 bits per heavy atom. The first-order chi connectivity index (χ1) is 10.0. The topological polar surface area (TPSA) is 63.5 Å². The van der Waals surface area contributed by atoms with Gasteiger partial charge in [-0.2, -0.15) is 0 Å². The first kappa shape index (κ1) is 14.2. The zero-order valence-corrected chi connectivity index (χ0v) is 13.3. The minimum Gasteiger partial charge on any atom is -0.364 e. The Morgan fingerprint density at radius 1 is 1.24 bits per heavy atom. The number of anilines is 1. The SMILES string of the molecule is CSC1=NCNc2ccn(S(=O)(=O)c3ccc(C)cc3)c21. The quantitative estimate of drug-likeness (QED) is 0.923. The molecular weight excluding hydrogens is 306 g/mol. The average Bonchev–Trinajstić information content (AvgIpc) is 2.92. The summed E-state index contributed by atoms with van der Waals surface area (Å²) in [6, 6.07) is 8.62. The molecule has 0 unspecified atom stereocenters. The second-order valence-electron chi connectivity index (χ2n) is 4.69. The maximum atomic E-state index is 12.8. The second-order valence-corrected chi connectivity index (χ2v) is 7.30. The summed E-state index contributed by atoms with van der Waals surface area (Å²) < 4.78 is 26.9. The van der Waals surface area contributed by atoms with Crippen LogP contribution in [0.2, 0.25) is 0 Å². The molecule has 0 atom stereocenters. The van der Waals surface area contributed by atoms with Crippen LogP contribution in [0.4, 0.5) is 5.69 Å². The highest BCUT2D eigenvalue weighted by molar-refractivity contribution is 8.13. The van der Waals surface area contributed by atoms with Crippen molar-refractivity contribution < 1.29 is 8.42 Å². The van der Waals surface area contributed by atoms with Crippen molar-refractivity contribution in [3.05, 3.63) is 47.8 Å². The van der Waals surface area contributed by atoms with Crippen LogP contribution in [0.15, 0.2) is 46.4 Å². The van der Waals surface area contributed by atoms with E-state index in [1.54, 1.807) is 36.5 Å². The largest absolute Gasteiger partial charge is 0.364 e. The van der Waals surface area contributed by atoms with E-state index >= 15 is 0 Å². The van der Waals surface area contributed by atoms with Gasteiger partial charge in [0.1, 0.15) is 17.4 Å². The van der Waals surface area contributed by atoms with Gasteiger partial charge in [-0.05, 0) is 31.4 Å². The van der Waals surface area contributed by atoms with Crippen LogP contribution >= 0.6 is 11.8 Å². The first-order valence-electron chi connectivity index (χ1n) is 6.40. The molecule has 1 aromatic carbocycles. The van der Waals surface area contributed by atoms with Crippen LogP contribution in [0.1, 0.15) is 11.3 Å². The van der Waals surface area contributed by atoms with E-state index in [4.69, 9.17) is 0 Å². The highest BCUT2D eigenvalue weighted by Gasteiger charge is 2.26. The fourth-order valence-electron chi connectivity index (χ4n) is 2.22. The average molecular weight is 321 g/mol. The van der Waals surface area contributed by atoms with Crippen LogP contribution in [-0.2, 0) is 10.0 Å². The van der Waals surface area contributed by atoms with E-state index in [1.807, 2.05) is 13.2 Å². The molecule has 5 nitrogen and oxygen atoms in total. The summed E-state index contributed by atoms with van der Waals surface area (Å²) in [5.41, 5.74) is 2.43. The van der Waals surface area contributed by atoms with Crippen LogP contribution < -0.4 is 5.32 Å². The summed E-state index contributed by atoms with van der Waals surface area (Å²) in [5, 5.41) is 3.82. The van der Waals surface area contributed by atoms with Crippen molar-refractivity contribution in [1.29, 1.82) is 0 Å². The summed E-state index contributed by atoms with van der Waals surface area (Å²) in [7, 11) is -3.61. The molecule has 0 spiro atoms. The standard InChI is InChI=1S/C14H15N3O2S2/c1-10-3-5-11(6-4-10)21(18,19)17-8-7-12-13(17)14(20-2)16-9-15-12/h3-8,15H,9H2,1-2H3. The lowest BCUT2D eigenvalue weighted by Gasteiger charge is -2.17. The summed E-state index contributed by atoms with van der Waals surface area (Å²) in [6.07, 6.45) is 3.47. The number of hydrogen-bond acceptors (Lipinski definition) is 5. The molecule has 0 aliphatic carbocycles. The number of benzene rings is 1. The lowest BCUT2D eigenvalue weighted by molar-refractivity contribution is 0.587. The van der Waals surface area contributed by atoms with E-state index < -0.39 is 10.0 Å². The molecule has 2 heterocycles. The van der Waals surface area contributed by atoms with E-state index in [0.29, 0.717) is 12.4 Å². The second kappa shape index (κ2) is 5.23. The predicted molar refractivity (Wildman–Crippen MR) is 86.7 cm³/mol. The number of hydrogen-bond donors (Lipinski definition) is 1. The van der Waals surface area contributed by atoms with Gasteiger partial charge in [0.25, 0.3) is 10.0 Å². The number of rotatable bonds is 2. The zero-order valence-electron chi connectivity index (χ0n) is 11.7. The molecule has 1 aliphatic rings. The molecule has 1 N–H and O–H groups in total. The Hall–Kier alpha value is -1.73. The van der Waals surface area contributed by atoms with Gasteiger partial charge < -0.3 is 5.32 Å². The highest BCUT2D eigenvalue weighted by atomic mass is 32.2. The van der Waals surface area contributed by atoms with Crippen LogP contribution in [-0.4, -0.2) is 30.4 Å². The molecule has 0 fully saturated rings. The number of nitrogens with zero attached hydrogens (tertiary/aromatic N) is 2. The van der Waals surface area contributed by atoms with Gasteiger partial charge >= 0.3 is 0 Å². The number of aryl methyl sites for hydroxylation is 1. The fraction of sp³-hybridized carbons (Fsp3) is 0.214. The molecule has 0 bridgehead atoms. The molecule has 0 saturated carbocycles. The van der Waals surface area contributed by atoms with E-state index in [0.717, 1.165) is 16.3 Å². The van der Waals surface area contributed by atoms with E-state index in [2.05, 4.69) is 10.3 Å². The number of aromatic nitrogens is 1. The molecule has 21 heavy (non-hydrogen) atoms. The maximum absolute atomic E-state index is 12.8. The molecule has 0 saturated heterocycles. The van der Waals surface area contributed by atoms with E-state index in [1.165, 1.54) is 15.7 Å². The molecule has 2 aromatic rings. The Morgan fingerprint density at radius 2 is 1.95 bits per heavy atom.